The Morgan fingerprint density at radius 2 is 1.10 bits per heavy atom. The van der Waals surface area contributed by atoms with Gasteiger partial charge >= 0.3 is 0 Å². The fourth-order valence-corrected chi connectivity index (χ4v) is 3.54. The molecule has 0 aromatic heterocycles. The summed E-state index contributed by atoms with van der Waals surface area (Å²) >= 11 is 0. The van der Waals surface area contributed by atoms with Crippen molar-refractivity contribution in [2.24, 2.45) is 0 Å². The first kappa shape index (κ1) is 21.7. The number of rotatable bonds is 8. The Labute approximate surface area is 178 Å². The van der Waals surface area contributed by atoms with Crippen LogP contribution in [-0.4, -0.2) is 37.1 Å². The van der Waals surface area contributed by atoms with Gasteiger partial charge in [-0.3, -0.25) is 9.59 Å². The predicted molar refractivity (Wildman–Crippen MR) is 116 cm³/mol. The summed E-state index contributed by atoms with van der Waals surface area (Å²) in [6.07, 6.45) is 3.71. The molecule has 2 N–H and O–H groups in total. The van der Waals surface area contributed by atoms with Gasteiger partial charge in [-0.05, 0) is 51.0 Å². The third kappa shape index (κ3) is 6.79. The molecule has 0 saturated heterocycles. The van der Waals surface area contributed by atoms with E-state index in [2.05, 4.69) is 10.6 Å². The first-order chi connectivity index (χ1) is 14.5. The minimum Gasteiger partial charge on any atom is -0.484 e. The van der Waals surface area contributed by atoms with E-state index in [1.807, 2.05) is 62.4 Å². The molecule has 1 aliphatic carbocycles. The molecule has 0 aliphatic heterocycles. The molecule has 2 aromatic carbocycles. The number of hydrogen-bond donors (Lipinski definition) is 2. The lowest BCUT2D eigenvalue weighted by Crippen LogP contribution is -2.54. The lowest BCUT2D eigenvalue weighted by Gasteiger charge is -2.32. The van der Waals surface area contributed by atoms with E-state index in [1.165, 1.54) is 0 Å². The second-order valence-corrected chi connectivity index (χ2v) is 7.84. The molecule has 6 heteroatoms. The van der Waals surface area contributed by atoms with Crippen LogP contribution in [0.15, 0.2) is 48.5 Å². The molecular formula is C24H30N2O4. The first-order valence-corrected chi connectivity index (χ1v) is 10.5. The second-order valence-electron chi connectivity index (χ2n) is 7.84. The number of hydrogen-bond acceptors (Lipinski definition) is 4. The summed E-state index contributed by atoms with van der Waals surface area (Å²) in [4.78, 5) is 24.7. The van der Waals surface area contributed by atoms with Crippen LogP contribution >= 0.6 is 0 Å². The molecule has 0 heterocycles. The monoisotopic (exact) mass is 410 g/mol. The van der Waals surface area contributed by atoms with Crippen LogP contribution in [0.4, 0.5) is 0 Å². The van der Waals surface area contributed by atoms with Crippen molar-refractivity contribution in [3.63, 3.8) is 0 Å². The van der Waals surface area contributed by atoms with Crippen LogP contribution in [0.25, 0.3) is 0 Å². The minimum absolute atomic E-state index is 0.0449. The van der Waals surface area contributed by atoms with Crippen molar-refractivity contribution < 1.29 is 19.1 Å². The zero-order chi connectivity index (χ0) is 21.3. The number of aryl methyl sites for hydroxylation is 2. The standard InChI is InChI=1S/C24H30N2O4/c1-17-7-11-19(12-8-17)29-15-23(27)25-21-5-3-4-6-22(21)26-24(28)16-30-20-13-9-18(2)10-14-20/h7-14,21-22H,3-6,15-16H2,1-2H3,(H,25,27)(H,26,28)/t21-,22+. The van der Waals surface area contributed by atoms with E-state index in [-0.39, 0.29) is 37.1 Å². The van der Waals surface area contributed by atoms with Gasteiger partial charge in [-0.15, -0.1) is 0 Å². The molecule has 160 valence electrons. The Morgan fingerprint density at radius 1 is 0.733 bits per heavy atom. The number of nitrogens with one attached hydrogen (secondary N) is 2. The summed E-state index contributed by atoms with van der Waals surface area (Å²) in [5, 5.41) is 6.03. The number of ether oxygens (including phenoxy) is 2. The molecule has 30 heavy (non-hydrogen) atoms. The van der Waals surface area contributed by atoms with Crippen LogP contribution in [0, 0.1) is 13.8 Å². The number of carbonyl (C=O) groups is 2. The van der Waals surface area contributed by atoms with Crippen molar-refractivity contribution in [1.29, 1.82) is 0 Å². The summed E-state index contributed by atoms with van der Waals surface area (Å²) in [5.41, 5.74) is 2.28. The average Bonchev–Trinajstić information content (AvgIpc) is 2.74. The third-order valence-corrected chi connectivity index (χ3v) is 5.24. The average molecular weight is 411 g/mol. The molecule has 0 bridgehead atoms. The van der Waals surface area contributed by atoms with Gasteiger partial charge in [0.1, 0.15) is 11.5 Å². The van der Waals surface area contributed by atoms with Crippen molar-refractivity contribution in [2.45, 2.75) is 51.6 Å². The van der Waals surface area contributed by atoms with Gasteiger partial charge in [-0.25, -0.2) is 0 Å². The van der Waals surface area contributed by atoms with E-state index in [0.29, 0.717) is 11.5 Å². The van der Waals surface area contributed by atoms with Crippen molar-refractivity contribution in [1.82, 2.24) is 10.6 Å². The van der Waals surface area contributed by atoms with Gasteiger partial charge in [0, 0.05) is 12.1 Å². The van der Waals surface area contributed by atoms with Crippen LogP contribution < -0.4 is 20.1 Å². The fraction of sp³-hybridized carbons (Fsp3) is 0.417. The highest BCUT2D eigenvalue weighted by molar-refractivity contribution is 5.79. The second kappa shape index (κ2) is 10.7. The van der Waals surface area contributed by atoms with Crippen molar-refractivity contribution in [2.75, 3.05) is 13.2 Å². The predicted octanol–water partition coefficient (Wildman–Crippen LogP) is 3.30. The van der Waals surface area contributed by atoms with Gasteiger partial charge in [0.2, 0.25) is 0 Å². The van der Waals surface area contributed by atoms with Crippen LogP contribution in [0.3, 0.4) is 0 Å². The number of amides is 2. The largest absolute Gasteiger partial charge is 0.484 e. The molecule has 6 nitrogen and oxygen atoms in total. The van der Waals surface area contributed by atoms with Crippen molar-refractivity contribution in [3.05, 3.63) is 59.7 Å². The van der Waals surface area contributed by atoms with Gasteiger partial charge in [-0.1, -0.05) is 48.2 Å². The summed E-state index contributed by atoms with van der Waals surface area (Å²) in [7, 11) is 0. The highest BCUT2D eigenvalue weighted by Crippen LogP contribution is 2.19. The van der Waals surface area contributed by atoms with Crippen LogP contribution in [0.1, 0.15) is 36.8 Å². The highest BCUT2D eigenvalue weighted by Gasteiger charge is 2.28. The summed E-state index contributed by atoms with van der Waals surface area (Å²) in [6, 6.07) is 15.0. The normalized spacial score (nSPS) is 18.3. The van der Waals surface area contributed by atoms with E-state index >= 15 is 0 Å². The quantitative estimate of drug-likeness (QED) is 0.700. The number of benzene rings is 2. The van der Waals surface area contributed by atoms with Gasteiger partial charge < -0.3 is 20.1 Å². The molecule has 0 radical (unpaired) electrons. The molecule has 3 rings (SSSR count). The van der Waals surface area contributed by atoms with Gasteiger partial charge in [0.05, 0.1) is 0 Å². The van der Waals surface area contributed by atoms with Crippen molar-refractivity contribution >= 4 is 11.8 Å². The zero-order valence-corrected chi connectivity index (χ0v) is 17.6. The third-order valence-electron chi connectivity index (χ3n) is 5.24. The summed E-state index contributed by atoms with van der Waals surface area (Å²) in [6.45, 7) is 3.91. The van der Waals surface area contributed by atoms with E-state index in [9.17, 15) is 9.59 Å². The van der Waals surface area contributed by atoms with Crippen LogP contribution in [-0.2, 0) is 9.59 Å². The summed E-state index contributed by atoms with van der Waals surface area (Å²) in [5.74, 6) is 0.963. The smallest absolute Gasteiger partial charge is 0.258 e. The van der Waals surface area contributed by atoms with E-state index in [4.69, 9.17) is 9.47 Å². The maximum atomic E-state index is 12.3. The van der Waals surface area contributed by atoms with Crippen LogP contribution in [0.2, 0.25) is 0 Å². The minimum atomic E-state index is -0.183. The lowest BCUT2D eigenvalue weighted by atomic mass is 9.90. The molecule has 2 atom stereocenters. The molecule has 2 amide bonds. The van der Waals surface area contributed by atoms with Crippen LogP contribution in [0.5, 0.6) is 11.5 Å². The zero-order valence-electron chi connectivity index (χ0n) is 17.6. The number of carbonyl (C=O) groups excluding carboxylic acids is 2. The Hall–Kier alpha value is -3.02. The van der Waals surface area contributed by atoms with E-state index in [0.717, 1.165) is 36.8 Å². The van der Waals surface area contributed by atoms with E-state index < -0.39 is 0 Å². The topological polar surface area (TPSA) is 76.7 Å². The van der Waals surface area contributed by atoms with Crippen molar-refractivity contribution in [3.8, 4) is 11.5 Å². The molecule has 1 fully saturated rings. The summed E-state index contributed by atoms with van der Waals surface area (Å²) < 4.78 is 11.1. The van der Waals surface area contributed by atoms with Gasteiger partial charge in [0.15, 0.2) is 13.2 Å². The maximum absolute atomic E-state index is 12.3. The first-order valence-electron chi connectivity index (χ1n) is 10.5. The molecule has 1 saturated carbocycles. The molecule has 0 unspecified atom stereocenters. The molecule has 0 spiro atoms. The van der Waals surface area contributed by atoms with Gasteiger partial charge in [0.25, 0.3) is 11.8 Å². The maximum Gasteiger partial charge on any atom is 0.258 e. The highest BCUT2D eigenvalue weighted by atomic mass is 16.5. The molecule has 1 aliphatic rings. The Balaban J connectivity index is 1.45. The Bertz CT molecular complexity index is 762. The molecule has 2 aromatic rings. The fourth-order valence-electron chi connectivity index (χ4n) is 3.54. The Kier molecular flexibility index (Phi) is 7.71. The molecular weight excluding hydrogens is 380 g/mol. The van der Waals surface area contributed by atoms with Gasteiger partial charge in [-0.2, -0.15) is 0 Å². The SMILES string of the molecule is Cc1ccc(OCC(=O)N[C@H]2CCCC[C@H]2NC(=O)COc2ccc(C)cc2)cc1. The Morgan fingerprint density at radius 3 is 1.47 bits per heavy atom. The van der Waals surface area contributed by atoms with E-state index in [1.54, 1.807) is 0 Å². The lowest BCUT2D eigenvalue weighted by molar-refractivity contribution is -0.127.